The van der Waals surface area contributed by atoms with Gasteiger partial charge < -0.3 is 18.0 Å². The summed E-state index contributed by atoms with van der Waals surface area (Å²) in [4.78, 5) is 13.0. The molecule has 4 rings (SSSR count). The van der Waals surface area contributed by atoms with Crippen molar-refractivity contribution in [3.8, 4) is 0 Å². The largest absolute Gasteiger partial charge is 0.407 e. The lowest BCUT2D eigenvalue weighted by atomic mass is 10.1. The minimum atomic E-state index is -2.73. The molecule has 2 aromatic heterocycles. The van der Waals surface area contributed by atoms with Gasteiger partial charge in [-0.1, -0.05) is 73.9 Å². The number of fused-ring (bicyclic) bond motifs is 2. The molecule has 2 aliphatic heterocycles. The summed E-state index contributed by atoms with van der Waals surface area (Å²) >= 11 is 6.31. The van der Waals surface area contributed by atoms with E-state index in [1.54, 1.807) is 6.33 Å². The van der Waals surface area contributed by atoms with Crippen molar-refractivity contribution < 1.29 is 18.0 Å². The molecule has 2 fully saturated rings. The summed E-state index contributed by atoms with van der Waals surface area (Å²) in [6, 6.07) is 0. The van der Waals surface area contributed by atoms with Crippen LogP contribution in [0.2, 0.25) is 33.4 Å². The molecular weight excluding hydrogens is 500 g/mol. The van der Waals surface area contributed by atoms with Crippen LogP contribution in [0.25, 0.3) is 11.2 Å². The van der Waals surface area contributed by atoms with Gasteiger partial charge in [-0.3, -0.25) is 4.57 Å². The molecule has 0 radical (unpaired) electrons. The second kappa shape index (κ2) is 8.57. The summed E-state index contributed by atoms with van der Waals surface area (Å²) in [5.41, 5.74) is 1.16. The maximum absolute atomic E-state index is 7.16. The molecule has 35 heavy (non-hydrogen) atoms. The standard InChI is InChI=1S/C24H41ClN4O4Si2/c1-22(2,3)34(10,11)32-18-17-15(12-30-35(33-17,23(4,5)6)24(7,8)9)31-21(18)29-14-28-16-19(25)26-13-27-20(16)29/h13-15,17-18,21H,12H2,1-11H3/t15-,17+,18-,21-/m1/s1. The predicted molar refractivity (Wildman–Crippen MR) is 142 cm³/mol. The lowest BCUT2D eigenvalue weighted by molar-refractivity contribution is -0.0795. The maximum Gasteiger partial charge on any atom is 0.349 e. The van der Waals surface area contributed by atoms with Crippen molar-refractivity contribution in [1.29, 1.82) is 0 Å². The Morgan fingerprint density at radius 1 is 1.03 bits per heavy atom. The first-order valence-corrected chi connectivity index (χ1v) is 17.5. The molecular formula is C24H41ClN4O4Si2. The molecule has 0 bridgehead atoms. The molecule has 196 valence electrons. The first-order valence-electron chi connectivity index (χ1n) is 12.4. The van der Waals surface area contributed by atoms with Crippen molar-refractivity contribution >= 4 is 39.6 Å². The number of rotatable bonds is 3. The van der Waals surface area contributed by atoms with Crippen molar-refractivity contribution in [3.05, 3.63) is 17.8 Å². The average molecular weight is 541 g/mol. The van der Waals surface area contributed by atoms with Gasteiger partial charge in [-0.25, -0.2) is 15.0 Å². The van der Waals surface area contributed by atoms with Gasteiger partial charge in [0, 0.05) is 10.1 Å². The fourth-order valence-electron chi connectivity index (χ4n) is 5.20. The highest BCUT2D eigenvalue weighted by atomic mass is 35.5. The van der Waals surface area contributed by atoms with Crippen LogP contribution in [0.15, 0.2) is 12.7 Å². The zero-order valence-electron chi connectivity index (χ0n) is 23.0. The van der Waals surface area contributed by atoms with Gasteiger partial charge in [-0.2, -0.15) is 0 Å². The van der Waals surface area contributed by atoms with Gasteiger partial charge >= 0.3 is 8.56 Å². The molecule has 4 atom stereocenters. The van der Waals surface area contributed by atoms with Crippen LogP contribution in [0, 0.1) is 0 Å². The van der Waals surface area contributed by atoms with E-state index in [-0.39, 0.29) is 33.4 Å². The van der Waals surface area contributed by atoms with E-state index in [0.29, 0.717) is 22.9 Å². The fourth-order valence-corrected chi connectivity index (χ4v) is 11.6. The summed E-state index contributed by atoms with van der Waals surface area (Å²) in [5.74, 6) is 0. The quantitative estimate of drug-likeness (QED) is 0.337. The summed E-state index contributed by atoms with van der Waals surface area (Å²) in [6.07, 6.45) is 1.84. The van der Waals surface area contributed by atoms with Crippen molar-refractivity contribution in [2.75, 3.05) is 6.61 Å². The minimum absolute atomic E-state index is 0.0197. The van der Waals surface area contributed by atoms with E-state index in [1.165, 1.54) is 6.33 Å². The number of nitrogens with zero attached hydrogens (tertiary/aromatic N) is 4. The normalized spacial score (nSPS) is 27.9. The summed E-state index contributed by atoms with van der Waals surface area (Å²) < 4.78 is 29.5. The van der Waals surface area contributed by atoms with Crippen LogP contribution in [0.4, 0.5) is 0 Å². The van der Waals surface area contributed by atoms with E-state index in [4.69, 9.17) is 29.6 Å². The number of aromatic nitrogens is 4. The first-order chi connectivity index (χ1) is 15.9. The Balaban J connectivity index is 1.81. The number of ether oxygens (including phenoxy) is 1. The molecule has 0 aliphatic carbocycles. The highest BCUT2D eigenvalue weighted by molar-refractivity contribution is 6.74. The van der Waals surface area contributed by atoms with Gasteiger partial charge in [0.15, 0.2) is 25.3 Å². The molecule has 0 unspecified atom stereocenters. The Morgan fingerprint density at radius 3 is 2.23 bits per heavy atom. The summed E-state index contributed by atoms with van der Waals surface area (Å²) in [6.45, 7) is 25.1. The Kier molecular flexibility index (Phi) is 6.65. The van der Waals surface area contributed by atoms with Crippen LogP contribution in [-0.2, 0) is 18.0 Å². The van der Waals surface area contributed by atoms with Gasteiger partial charge in [0.25, 0.3) is 0 Å². The SMILES string of the molecule is CC(C)(C)[Si](C)(C)O[C@@H]1[C@H]2O[Si](C(C)(C)C)(C(C)(C)C)OC[C@H]2O[C@H]1n1cnc2c(Cl)ncnc21. The van der Waals surface area contributed by atoms with Crippen LogP contribution < -0.4 is 0 Å². The Bertz CT molecular complexity index is 1080. The van der Waals surface area contributed by atoms with E-state index < -0.39 is 23.1 Å². The van der Waals surface area contributed by atoms with Crippen molar-refractivity contribution in [1.82, 2.24) is 19.5 Å². The number of imidazole rings is 1. The Morgan fingerprint density at radius 2 is 1.66 bits per heavy atom. The van der Waals surface area contributed by atoms with Crippen LogP contribution in [-0.4, -0.2) is 61.3 Å². The number of halogens is 1. The van der Waals surface area contributed by atoms with E-state index >= 15 is 0 Å². The third kappa shape index (κ3) is 4.43. The monoisotopic (exact) mass is 540 g/mol. The topological polar surface area (TPSA) is 80.5 Å². The average Bonchev–Trinajstić information content (AvgIpc) is 3.27. The van der Waals surface area contributed by atoms with Crippen molar-refractivity contribution in [3.63, 3.8) is 0 Å². The number of hydrogen-bond acceptors (Lipinski definition) is 7. The van der Waals surface area contributed by atoms with Crippen LogP contribution in [0.1, 0.15) is 68.5 Å². The lowest BCUT2D eigenvalue weighted by Crippen LogP contribution is -2.66. The molecule has 0 amide bonds. The summed E-state index contributed by atoms with van der Waals surface area (Å²) in [5, 5.41) is 0.0556. The second-order valence-corrected chi connectivity index (χ2v) is 23.3. The molecule has 2 aliphatic rings. The van der Waals surface area contributed by atoms with E-state index in [9.17, 15) is 0 Å². The van der Waals surface area contributed by atoms with Crippen LogP contribution in [0.5, 0.6) is 0 Å². The zero-order chi connectivity index (χ0) is 26.2. The second-order valence-electron chi connectivity index (χ2n) is 13.4. The van der Waals surface area contributed by atoms with E-state index in [2.05, 4.69) is 90.4 Å². The molecule has 0 N–H and O–H groups in total. The first kappa shape index (κ1) is 27.2. The van der Waals surface area contributed by atoms with E-state index in [1.807, 2.05) is 4.57 Å². The third-order valence-electron chi connectivity index (χ3n) is 7.84. The van der Waals surface area contributed by atoms with Gasteiger partial charge in [-0.05, 0) is 18.1 Å². The molecule has 0 saturated carbocycles. The molecule has 4 heterocycles. The third-order valence-corrected chi connectivity index (χ3v) is 17.7. The smallest absolute Gasteiger partial charge is 0.349 e. The van der Waals surface area contributed by atoms with Gasteiger partial charge in [0.2, 0.25) is 0 Å². The van der Waals surface area contributed by atoms with Gasteiger partial charge in [-0.15, -0.1) is 0 Å². The van der Waals surface area contributed by atoms with Crippen LogP contribution in [0.3, 0.4) is 0 Å². The molecule has 8 nitrogen and oxygen atoms in total. The maximum atomic E-state index is 7.16. The molecule has 2 saturated heterocycles. The van der Waals surface area contributed by atoms with E-state index in [0.717, 1.165) is 0 Å². The Labute approximate surface area is 216 Å². The van der Waals surface area contributed by atoms with Gasteiger partial charge in [0.1, 0.15) is 30.2 Å². The van der Waals surface area contributed by atoms with Crippen LogP contribution >= 0.6 is 11.6 Å². The molecule has 0 aromatic carbocycles. The van der Waals surface area contributed by atoms with Crippen molar-refractivity contribution in [2.24, 2.45) is 0 Å². The summed E-state index contributed by atoms with van der Waals surface area (Å²) in [7, 11) is -4.92. The minimum Gasteiger partial charge on any atom is -0.407 e. The molecule has 11 heteroatoms. The predicted octanol–water partition coefficient (Wildman–Crippen LogP) is 6.23. The highest BCUT2D eigenvalue weighted by Crippen LogP contribution is 2.56. The number of hydrogen-bond donors (Lipinski definition) is 0. The Hall–Kier alpha value is -0.886. The van der Waals surface area contributed by atoms with Gasteiger partial charge in [0.05, 0.1) is 12.9 Å². The molecule has 2 aromatic rings. The molecule has 0 spiro atoms. The fraction of sp³-hybridized carbons (Fsp3) is 0.792. The zero-order valence-corrected chi connectivity index (χ0v) is 25.7. The highest BCUT2D eigenvalue weighted by Gasteiger charge is 2.65. The van der Waals surface area contributed by atoms with Crippen molar-refractivity contribution in [2.45, 2.75) is 115 Å². The lowest BCUT2D eigenvalue weighted by Gasteiger charge is -2.54.